The molecule has 10 nitrogen and oxygen atoms in total. The first-order chi connectivity index (χ1) is 16.6. The summed E-state index contributed by atoms with van der Waals surface area (Å²) >= 11 is 1.29. The van der Waals surface area contributed by atoms with E-state index in [2.05, 4.69) is 14.8 Å². The number of hydrogen-bond acceptors (Lipinski definition) is 8. The first-order valence-electron chi connectivity index (χ1n) is 10.8. The molecule has 0 radical (unpaired) electrons. The third kappa shape index (κ3) is 5.69. The monoisotopic (exact) mass is 493 g/mol. The number of hydrogen-bond donors (Lipinski definition) is 1. The van der Waals surface area contributed by atoms with Gasteiger partial charge >= 0.3 is 6.09 Å². The number of carbonyl (C=O) groups excluding carboxylic acids is 2. The lowest BCUT2D eigenvalue weighted by Gasteiger charge is -2.20. The normalized spacial score (nSPS) is 15.5. The highest BCUT2D eigenvalue weighted by atomic mass is 32.1. The predicted molar refractivity (Wildman–Crippen MR) is 132 cm³/mol. The number of carbonyl (C=O) groups is 2. The van der Waals surface area contributed by atoms with E-state index in [1.165, 1.54) is 40.8 Å². The summed E-state index contributed by atoms with van der Waals surface area (Å²) in [5, 5.41) is 19.6. The van der Waals surface area contributed by atoms with Crippen molar-refractivity contribution in [1.82, 2.24) is 9.38 Å². The Morgan fingerprint density at radius 2 is 1.80 bits per heavy atom. The van der Waals surface area contributed by atoms with Crippen molar-refractivity contribution >= 4 is 40.6 Å². The van der Waals surface area contributed by atoms with Crippen LogP contribution in [0.25, 0.3) is 0 Å². The van der Waals surface area contributed by atoms with Crippen molar-refractivity contribution in [2.24, 2.45) is 5.10 Å². The van der Waals surface area contributed by atoms with Gasteiger partial charge in [-0.05, 0) is 68.2 Å². The molecule has 0 saturated heterocycles. The van der Waals surface area contributed by atoms with Crippen LogP contribution in [0.15, 0.2) is 65.9 Å². The van der Waals surface area contributed by atoms with Gasteiger partial charge in [0.05, 0.1) is 21.6 Å². The number of amides is 2. The summed E-state index contributed by atoms with van der Waals surface area (Å²) in [6.07, 6.45) is 1.59. The molecule has 0 bridgehead atoms. The number of hydrazone groups is 1. The lowest BCUT2D eigenvalue weighted by Crippen LogP contribution is -2.27. The highest BCUT2D eigenvalue weighted by Gasteiger charge is 2.34. The molecule has 4 rings (SSSR count). The predicted octanol–water partition coefficient (Wildman–Crippen LogP) is 5.39. The zero-order chi connectivity index (χ0) is 25.2. The van der Waals surface area contributed by atoms with E-state index in [1.54, 1.807) is 39.1 Å². The largest absolute Gasteiger partial charge is 0.444 e. The highest BCUT2D eigenvalue weighted by Crippen LogP contribution is 2.35. The van der Waals surface area contributed by atoms with Gasteiger partial charge in [-0.3, -0.25) is 20.2 Å². The van der Waals surface area contributed by atoms with Gasteiger partial charge in [0.25, 0.3) is 11.6 Å². The van der Waals surface area contributed by atoms with Gasteiger partial charge in [0.15, 0.2) is 0 Å². The molecule has 0 fully saturated rings. The maximum atomic E-state index is 13.3. The average Bonchev–Trinajstić information content (AvgIpc) is 3.48. The van der Waals surface area contributed by atoms with Crippen LogP contribution in [0.1, 0.15) is 54.0 Å². The molecule has 1 atom stereocenters. The second-order valence-corrected chi connectivity index (χ2v) is 9.70. The third-order valence-corrected chi connectivity index (χ3v) is 5.94. The van der Waals surface area contributed by atoms with E-state index < -0.39 is 16.6 Å². The molecule has 3 aromatic rings. The Morgan fingerprint density at radius 1 is 1.11 bits per heavy atom. The quantitative estimate of drug-likeness (QED) is 0.375. The number of nitro benzene ring substituents is 1. The van der Waals surface area contributed by atoms with Gasteiger partial charge < -0.3 is 4.74 Å². The Labute approximate surface area is 205 Å². The number of nitro groups is 1. The summed E-state index contributed by atoms with van der Waals surface area (Å²) in [5.74, 6) is -0.364. The molecule has 0 aliphatic carbocycles. The Hall–Kier alpha value is -4.12. The summed E-state index contributed by atoms with van der Waals surface area (Å²) in [5.41, 5.74) is 1.67. The molecular weight excluding hydrogens is 470 g/mol. The summed E-state index contributed by atoms with van der Waals surface area (Å²) in [6.45, 7) is 5.37. The van der Waals surface area contributed by atoms with Crippen LogP contribution in [0.4, 0.5) is 16.2 Å². The number of anilines is 1. The molecule has 0 saturated carbocycles. The topological polar surface area (TPSA) is 127 Å². The van der Waals surface area contributed by atoms with E-state index >= 15 is 0 Å². The summed E-state index contributed by atoms with van der Waals surface area (Å²) in [6, 6.07) is 14.1. The van der Waals surface area contributed by atoms with E-state index in [-0.39, 0.29) is 17.6 Å². The van der Waals surface area contributed by atoms with Gasteiger partial charge in [-0.1, -0.05) is 12.1 Å². The Balaban J connectivity index is 1.56. The maximum absolute atomic E-state index is 13.3. The van der Waals surface area contributed by atoms with E-state index in [1.807, 2.05) is 18.2 Å². The van der Waals surface area contributed by atoms with Crippen LogP contribution in [0, 0.1) is 10.1 Å². The molecule has 35 heavy (non-hydrogen) atoms. The molecule has 180 valence electrons. The van der Waals surface area contributed by atoms with Crippen molar-refractivity contribution < 1.29 is 19.2 Å². The fourth-order valence-electron chi connectivity index (χ4n) is 3.52. The minimum Gasteiger partial charge on any atom is -0.444 e. The SMILES string of the molecule is CC(C)(C)OC(=O)Nc1ccc(C2=NN(C(=O)c3ccc([N+](=O)[O-])cc3)C(c3ccns3)C2)cc1. The van der Waals surface area contributed by atoms with Crippen molar-refractivity contribution in [3.63, 3.8) is 0 Å². The minimum absolute atomic E-state index is 0.0914. The second-order valence-electron chi connectivity index (χ2n) is 8.84. The van der Waals surface area contributed by atoms with Crippen molar-refractivity contribution in [3.05, 3.63) is 86.9 Å². The molecular formula is C24H23N5O5S. The fourth-order valence-corrected chi connectivity index (χ4v) is 4.19. The van der Waals surface area contributed by atoms with Crippen LogP contribution in [0.3, 0.4) is 0 Å². The number of non-ortho nitro benzene ring substituents is 1. The average molecular weight is 494 g/mol. The Kier molecular flexibility index (Phi) is 6.61. The molecule has 1 N–H and O–H groups in total. The molecule has 1 unspecified atom stereocenters. The lowest BCUT2D eigenvalue weighted by atomic mass is 10.0. The summed E-state index contributed by atoms with van der Waals surface area (Å²) in [4.78, 5) is 36.6. The number of ether oxygens (including phenoxy) is 1. The lowest BCUT2D eigenvalue weighted by molar-refractivity contribution is -0.384. The van der Waals surface area contributed by atoms with Gasteiger partial charge in [-0.15, -0.1) is 0 Å². The third-order valence-electron chi connectivity index (χ3n) is 5.09. The molecule has 1 aliphatic heterocycles. The molecule has 2 aromatic carbocycles. The van der Waals surface area contributed by atoms with Gasteiger partial charge in [-0.25, -0.2) is 14.2 Å². The van der Waals surface area contributed by atoms with Crippen LogP contribution >= 0.6 is 11.5 Å². The van der Waals surface area contributed by atoms with E-state index in [9.17, 15) is 19.7 Å². The highest BCUT2D eigenvalue weighted by molar-refractivity contribution is 7.05. The summed E-state index contributed by atoms with van der Waals surface area (Å²) in [7, 11) is 0. The Morgan fingerprint density at radius 3 is 2.37 bits per heavy atom. The smallest absolute Gasteiger partial charge is 0.412 e. The first kappa shape index (κ1) is 24.0. The number of nitrogens with one attached hydrogen (secondary N) is 1. The second kappa shape index (κ2) is 9.63. The van der Waals surface area contributed by atoms with Crippen LogP contribution in [-0.4, -0.2) is 37.6 Å². The van der Waals surface area contributed by atoms with Crippen LogP contribution in [0.2, 0.25) is 0 Å². The zero-order valence-corrected chi connectivity index (χ0v) is 20.1. The molecule has 0 spiro atoms. The zero-order valence-electron chi connectivity index (χ0n) is 19.3. The number of nitrogens with zero attached hydrogens (tertiary/aromatic N) is 4. The standard InChI is InChI=1S/C24H23N5O5S/c1-24(2,3)34-23(31)26-17-8-4-15(5-9-17)19-14-20(21-12-13-25-35-21)28(27-19)22(30)16-6-10-18(11-7-16)29(32)33/h4-13,20H,14H2,1-3H3,(H,26,31). The fraction of sp³-hybridized carbons (Fsp3) is 0.250. The minimum atomic E-state index is -0.603. The maximum Gasteiger partial charge on any atom is 0.412 e. The van der Waals surface area contributed by atoms with Crippen molar-refractivity contribution in [1.29, 1.82) is 0 Å². The molecule has 2 heterocycles. The molecule has 1 aromatic heterocycles. The van der Waals surface area contributed by atoms with Gasteiger partial charge in [0, 0.05) is 36.0 Å². The van der Waals surface area contributed by atoms with E-state index in [0.717, 1.165) is 10.4 Å². The van der Waals surface area contributed by atoms with E-state index in [0.29, 0.717) is 23.4 Å². The van der Waals surface area contributed by atoms with Crippen LogP contribution in [-0.2, 0) is 4.74 Å². The van der Waals surface area contributed by atoms with Crippen LogP contribution < -0.4 is 5.32 Å². The number of aromatic nitrogens is 1. The van der Waals surface area contributed by atoms with Crippen LogP contribution in [0.5, 0.6) is 0 Å². The molecule has 1 aliphatic rings. The Bertz CT molecular complexity index is 1270. The first-order valence-corrected chi connectivity index (χ1v) is 11.5. The van der Waals surface area contributed by atoms with E-state index in [4.69, 9.17) is 4.74 Å². The van der Waals surface area contributed by atoms with Crippen molar-refractivity contribution in [2.45, 2.75) is 38.8 Å². The van der Waals surface area contributed by atoms with Crippen molar-refractivity contribution in [2.75, 3.05) is 5.32 Å². The molecule has 2 amide bonds. The van der Waals surface area contributed by atoms with Gasteiger partial charge in [0.1, 0.15) is 5.60 Å². The van der Waals surface area contributed by atoms with Crippen molar-refractivity contribution in [3.8, 4) is 0 Å². The molecule has 11 heteroatoms. The summed E-state index contributed by atoms with van der Waals surface area (Å²) < 4.78 is 9.42. The van der Waals surface area contributed by atoms with Gasteiger partial charge in [0.2, 0.25) is 0 Å². The number of rotatable bonds is 5. The number of benzene rings is 2. The van der Waals surface area contributed by atoms with Gasteiger partial charge in [-0.2, -0.15) is 5.10 Å².